The van der Waals surface area contributed by atoms with Gasteiger partial charge in [-0.05, 0) is 66.8 Å². The molecule has 0 spiro atoms. The molecule has 5 N–H and O–H groups in total. The van der Waals surface area contributed by atoms with Gasteiger partial charge < -0.3 is 45.1 Å². The van der Waals surface area contributed by atoms with Crippen LogP contribution in [0.2, 0.25) is 0 Å². The van der Waals surface area contributed by atoms with Crippen molar-refractivity contribution in [2.75, 3.05) is 26.9 Å². The molecule has 0 aliphatic rings. The molecule has 0 radical (unpaired) electrons. The lowest BCUT2D eigenvalue weighted by Crippen LogP contribution is -2.48. The molecule has 0 aliphatic carbocycles. The number of hydrogen-bond acceptors (Lipinski definition) is 14. The average molecular weight is 988 g/mol. The molecule has 3 rings (SSSR count). The Bertz CT molecular complexity index is 2170. The third kappa shape index (κ3) is 24.1. The van der Waals surface area contributed by atoms with Gasteiger partial charge in [0.15, 0.2) is 17.3 Å². The molecule has 3 aromatic rings. The highest BCUT2D eigenvalue weighted by atomic mass is 16.5. The Hall–Kier alpha value is -6.79. The lowest BCUT2D eigenvalue weighted by Gasteiger charge is -2.26. The summed E-state index contributed by atoms with van der Waals surface area (Å²) >= 11 is 0. The molecule has 386 valence electrons. The van der Waals surface area contributed by atoms with Crippen LogP contribution in [-0.2, 0) is 81.7 Å². The van der Waals surface area contributed by atoms with E-state index >= 15 is 0 Å². The predicted molar refractivity (Wildman–Crippen MR) is 259 cm³/mol. The minimum Gasteiger partial charge on any atom is -0.508 e. The van der Waals surface area contributed by atoms with E-state index in [9.17, 15) is 53.4 Å². The first-order valence-corrected chi connectivity index (χ1v) is 23.8. The first kappa shape index (κ1) is 58.5. The van der Waals surface area contributed by atoms with Crippen molar-refractivity contribution >= 4 is 53.0 Å². The molecule has 18 heteroatoms. The van der Waals surface area contributed by atoms with E-state index in [2.05, 4.69) is 16.0 Å². The number of ketones is 3. The first-order valence-electron chi connectivity index (χ1n) is 23.8. The van der Waals surface area contributed by atoms with Crippen molar-refractivity contribution in [1.29, 1.82) is 0 Å². The summed E-state index contributed by atoms with van der Waals surface area (Å²) in [6.45, 7) is 5.59. The van der Waals surface area contributed by atoms with Crippen molar-refractivity contribution in [3.8, 4) is 5.75 Å². The van der Waals surface area contributed by atoms with Crippen molar-refractivity contribution < 1.29 is 72.3 Å². The van der Waals surface area contributed by atoms with Crippen LogP contribution in [0.5, 0.6) is 5.75 Å². The standard InChI is InChI=1S/C53H69N3O15/c1-35(2)28-44(56-53(67)41(29-37-17-20-42(58)21-18-37)31-48(61)45(32-49(62)63)54-36(3)57)47(60)30-40(19-23-50(64)70-33-38-12-7-5-8-13-38)52(66)55-43(46(59)16-11-25-69-27-26-68-4)22-24-51(65)71-34-39-14-9-6-10-15-39/h5-10,12-15,17-18,20-21,35,40-41,43-45,58H,11,16,19,22-34H2,1-4H3,(H,54,57)(H,55,66)(H,56,67)(H,62,63)/t40-,41-,43-,44-,45+/m1/s1. The van der Waals surface area contributed by atoms with Crippen LogP contribution in [0.15, 0.2) is 84.9 Å². The molecule has 0 fully saturated rings. The smallest absolute Gasteiger partial charge is 0.306 e. The normalized spacial score (nSPS) is 13.1. The van der Waals surface area contributed by atoms with Gasteiger partial charge in [-0.25, -0.2) is 0 Å². The number of phenolic OH excluding ortho intramolecular Hbond substituents is 1. The van der Waals surface area contributed by atoms with Crippen molar-refractivity contribution in [1.82, 2.24) is 16.0 Å². The zero-order valence-corrected chi connectivity index (χ0v) is 41.1. The summed E-state index contributed by atoms with van der Waals surface area (Å²) in [7, 11) is 1.53. The van der Waals surface area contributed by atoms with E-state index < -0.39 is 102 Å². The van der Waals surface area contributed by atoms with E-state index in [0.29, 0.717) is 25.2 Å². The summed E-state index contributed by atoms with van der Waals surface area (Å²) in [6.07, 6.45) is -2.36. The van der Waals surface area contributed by atoms with E-state index in [1.807, 2.05) is 26.0 Å². The number of phenols is 1. The maximum absolute atomic E-state index is 14.5. The molecule has 71 heavy (non-hydrogen) atoms. The zero-order chi connectivity index (χ0) is 52.1. The monoisotopic (exact) mass is 987 g/mol. The Balaban J connectivity index is 1.91. The summed E-state index contributed by atoms with van der Waals surface area (Å²) in [5.41, 5.74) is 2.01. The molecule has 0 unspecified atom stereocenters. The number of ether oxygens (including phenoxy) is 4. The van der Waals surface area contributed by atoms with Gasteiger partial charge in [-0.15, -0.1) is 0 Å². The first-order chi connectivity index (χ1) is 33.9. The van der Waals surface area contributed by atoms with Crippen molar-refractivity contribution in [2.45, 2.75) is 123 Å². The van der Waals surface area contributed by atoms with E-state index in [1.54, 1.807) is 48.5 Å². The number of aromatic hydroxyl groups is 1. The molecule has 0 aromatic heterocycles. The van der Waals surface area contributed by atoms with E-state index in [4.69, 9.17) is 18.9 Å². The molecule has 5 atom stereocenters. The van der Waals surface area contributed by atoms with Gasteiger partial charge in [-0.1, -0.05) is 86.6 Å². The maximum atomic E-state index is 14.5. The van der Waals surface area contributed by atoms with Gasteiger partial charge in [-0.2, -0.15) is 0 Å². The van der Waals surface area contributed by atoms with Gasteiger partial charge in [0.2, 0.25) is 17.7 Å². The number of Topliss-reactive ketones (excluding diaryl/α,β-unsaturated/α-hetero) is 3. The zero-order valence-electron chi connectivity index (χ0n) is 41.1. The topological polar surface area (TPSA) is 267 Å². The number of carboxylic acid groups (broad SMARTS) is 1. The highest BCUT2D eigenvalue weighted by Crippen LogP contribution is 2.22. The van der Waals surface area contributed by atoms with Crippen molar-refractivity contribution in [3.05, 3.63) is 102 Å². The number of rotatable bonds is 35. The summed E-state index contributed by atoms with van der Waals surface area (Å²) in [5, 5.41) is 27.2. The van der Waals surface area contributed by atoms with E-state index in [1.165, 1.54) is 31.4 Å². The fourth-order valence-electron chi connectivity index (χ4n) is 7.51. The minimum absolute atomic E-state index is 0.00171. The van der Waals surface area contributed by atoms with Crippen LogP contribution >= 0.6 is 0 Å². The maximum Gasteiger partial charge on any atom is 0.306 e. The number of aliphatic carboxylic acids is 1. The predicted octanol–water partition coefficient (Wildman–Crippen LogP) is 5.14. The second kappa shape index (κ2) is 32.2. The SMILES string of the molecule is COCCOCCCC(=O)[C@@H](CCC(=O)OCc1ccccc1)NC(=O)[C@H](CCC(=O)OCc1ccccc1)CC(=O)[C@@H](CC(C)C)NC(=O)[C@@H](CC(=O)[C@H](CC(=O)O)NC(C)=O)Cc1ccc(O)cc1. The molecule has 18 nitrogen and oxygen atoms in total. The van der Waals surface area contributed by atoms with Crippen LogP contribution < -0.4 is 16.0 Å². The minimum atomic E-state index is -1.45. The van der Waals surface area contributed by atoms with Gasteiger partial charge in [0.25, 0.3) is 0 Å². The van der Waals surface area contributed by atoms with Gasteiger partial charge in [0, 0.05) is 64.6 Å². The lowest BCUT2D eigenvalue weighted by atomic mass is 9.88. The Morgan fingerprint density at radius 3 is 1.65 bits per heavy atom. The number of nitrogens with one attached hydrogen (secondary N) is 3. The van der Waals surface area contributed by atoms with Crippen molar-refractivity contribution in [3.63, 3.8) is 0 Å². The molecule has 0 bridgehead atoms. The quantitative estimate of drug-likeness (QED) is 0.0377. The Labute approximate surface area is 414 Å². The van der Waals surface area contributed by atoms with Gasteiger partial charge in [0.1, 0.15) is 19.0 Å². The third-order valence-electron chi connectivity index (χ3n) is 11.3. The van der Waals surface area contributed by atoms with Gasteiger partial charge >= 0.3 is 17.9 Å². The highest BCUT2D eigenvalue weighted by molar-refractivity contribution is 5.97. The van der Waals surface area contributed by atoms with Crippen LogP contribution in [0.4, 0.5) is 0 Å². The second-order valence-electron chi connectivity index (χ2n) is 17.8. The molecule has 0 saturated carbocycles. The number of amides is 3. The lowest BCUT2D eigenvalue weighted by molar-refractivity contribution is -0.147. The number of hydrogen-bond donors (Lipinski definition) is 5. The molecular weight excluding hydrogens is 919 g/mol. The van der Waals surface area contributed by atoms with E-state index in [0.717, 1.165) is 18.1 Å². The summed E-state index contributed by atoms with van der Waals surface area (Å²) in [5.74, 6) is -9.19. The molecule has 0 heterocycles. The summed E-state index contributed by atoms with van der Waals surface area (Å²) in [4.78, 5) is 120. The number of methoxy groups -OCH3 is 1. The molecule has 3 amide bonds. The molecule has 0 saturated heterocycles. The Kier molecular flexibility index (Phi) is 26.5. The molecular formula is C53H69N3O15. The van der Waals surface area contributed by atoms with Crippen molar-refractivity contribution in [2.24, 2.45) is 17.8 Å². The summed E-state index contributed by atoms with van der Waals surface area (Å²) < 4.78 is 21.4. The number of carbonyl (C=O) groups is 9. The average Bonchev–Trinajstić information content (AvgIpc) is 3.33. The van der Waals surface area contributed by atoms with Crippen LogP contribution in [-0.4, -0.2) is 108 Å². The van der Waals surface area contributed by atoms with Crippen LogP contribution in [0, 0.1) is 17.8 Å². The number of benzene rings is 3. The number of esters is 2. The fourth-order valence-corrected chi connectivity index (χ4v) is 7.51. The molecule has 3 aromatic carbocycles. The Morgan fingerprint density at radius 2 is 1.10 bits per heavy atom. The fraction of sp³-hybridized carbons (Fsp3) is 0.491. The third-order valence-corrected chi connectivity index (χ3v) is 11.3. The summed E-state index contributed by atoms with van der Waals surface area (Å²) in [6, 6.07) is 19.9. The molecule has 0 aliphatic heterocycles. The highest BCUT2D eigenvalue weighted by Gasteiger charge is 2.34. The van der Waals surface area contributed by atoms with Gasteiger partial charge in [0.05, 0.1) is 37.8 Å². The van der Waals surface area contributed by atoms with Crippen LogP contribution in [0.25, 0.3) is 0 Å². The van der Waals surface area contributed by atoms with Crippen LogP contribution in [0.1, 0.15) is 102 Å². The number of carboxylic acids is 1. The largest absolute Gasteiger partial charge is 0.508 e. The van der Waals surface area contributed by atoms with Gasteiger partial charge in [-0.3, -0.25) is 43.2 Å². The second-order valence-corrected chi connectivity index (χ2v) is 17.8. The van der Waals surface area contributed by atoms with Crippen LogP contribution in [0.3, 0.4) is 0 Å². The Morgan fingerprint density at radius 1 is 0.563 bits per heavy atom. The van der Waals surface area contributed by atoms with E-state index in [-0.39, 0.29) is 76.4 Å². The number of carbonyl (C=O) groups excluding carboxylic acids is 8.